The van der Waals surface area contributed by atoms with Crippen LogP contribution < -0.4 is 0 Å². The molecular weight excluding hydrogens is 259 g/mol. The Hall–Kier alpha value is -1.07. The standard InChI is InChI=1S/C10H5ClF3NS/c11-9-15-5-8(16-9)6-3-1-2-4-7(6)10(12,13)14/h1-5H. The summed E-state index contributed by atoms with van der Waals surface area (Å²) in [5.74, 6) is 0. The van der Waals surface area contributed by atoms with E-state index in [0.29, 0.717) is 4.88 Å². The van der Waals surface area contributed by atoms with Crippen molar-refractivity contribution in [3.8, 4) is 10.4 Å². The Bertz CT molecular complexity index is 507. The molecule has 2 aromatic rings. The maximum absolute atomic E-state index is 12.7. The van der Waals surface area contributed by atoms with E-state index < -0.39 is 11.7 Å². The zero-order valence-corrected chi connectivity index (χ0v) is 9.33. The van der Waals surface area contributed by atoms with Gasteiger partial charge in [0, 0.05) is 11.8 Å². The highest BCUT2D eigenvalue weighted by Gasteiger charge is 2.33. The first-order valence-electron chi connectivity index (χ1n) is 4.26. The Morgan fingerprint density at radius 2 is 1.88 bits per heavy atom. The molecule has 0 bridgehead atoms. The molecule has 1 aromatic heterocycles. The molecule has 2 rings (SSSR count). The molecule has 1 nitrogen and oxygen atoms in total. The Morgan fingerprint density at radius 1 is 1.19 bits per heavy atom. The normalized spacial score (nSPS) is 11.8. The molecule has 0 N–H and O–H groups in total. The average molecular weight is 264 g/mol. The predicted octanol–water partition coefficient (Wildman–Crippen LogP) is 4.48. The van der Waals surface area contributed by atoms with Gasteiger partial charge < -0.3 is 0 Å². The van der Waals surface area contributed by atoms with Crippen molar-refractivity contribution >= 4 is 22.9 Å². The third-order valence-electron chi connectivity index (χ3n) is 1.98. The minimum Gasteiger partial charge on any atom is -0.233 e. The van der Waals surface area contributed by atoms with Gasteiger partial charge in [-0.15, -0.1) is 11.3 Å². The zero-order valence-electron chi connectivity index (χ0n) is 7.75. The topological polar surface area (TPSA) is 12.9 Å². The van der Waals surface area contributed by atoms with E-state index in [1.54, 1.807) is 6.07 Å². The second kappa shape index (κ2) is 4.07. The molecule has 0 fully saturated rings. The average Bonchev–Trinajstić information content (AvgIpc) is 2.64. The van der Waals surface area contributed by atoms with Crippen molar-refractivity contribution in [2.24, 2.45) is 0 Å². The Morgan fingerprint density at radius 3 is 2.44 bits per heavy atom. The van der Waals surface area contributed by atoms with Crippen molar-refractivity contribution in [2.75, 3.05) is 0 Å². The molecular formula is C10H5ClF3NS. The zero-order chi connectivity index (χ0) is 11.8. The summed E-state index contributed by atoms with van der Waals surface area (Å²) in [7, 11) is 0. The molecule has 0 saturated heterocycles. The second-order valence-electron chi connectivity index (χ2n) is 3.02. The van der Waals surface area contributed by atoms with Crippen LogP contribution in [0.4, 0.5) is 13.2 Å². The van der Waals surface area contributed by atoms with Gasteiger partial charge in [0.25, 0.3) is 0 Å². The first-order chi connectivity index (χ1) is 7.48. The van der Waals surface area contributed by atoms with Crippen molar-refractivity contribution in [1.29, 1.82) is 0 Å². The van der Waals surface area contributed by atoms with Crippen LogP contribution >= 0.6 is 22.9 Å². The van der Waals surface area contributed by atoms with Crippen molar-refractivity contribution in [1.82, 2.24) is 4.98 Å². The fourth-order valence-corrected chi connectivity index (χ4v) is 2.30. The highest BCUT2D eigenvalue weighted by Crippen LogP contribution is 2.39. The van der Waals surface area contributed by atoms with Crippen molar-refractivity contribution in [2.45, 2.75) is 6.18 Å². The molecule has 84 valence electrons. The van der Waals surface area contributed by atoms with E-state index in [9.17, 15) is 13.2 Å². The molecule has 0 radical (unpaired) electrons. The number of benzene rings is 1. The third kappa shape index (κ3) is 2.20. The minimum atomic E-state index is -4.37. The summed E-state index contributed by atoms with van der Waals surface area (Å²) in [5, 5.41) is 0. The van der Waals surface area contributed by atoms with Gasteiger partial charge in [0.1, 0.15) is 0 Å². The molecule has 0 aliphatic rings. The summed E-state index contributed by atoms with van der Waals surface area (Å²) in [6, 6.07) is 5.36. The summed E-state index contributed by atoms with van der Waals surface area (Å²) in [6.45, 7) is 0. The lowest BCUT2D eigenvalue weighted by Gasteiger charge is -2.10. The number of nitrogens with zero attached hydrogens (tertiary/aromatic N) is 1. The Labute approximate surface area is 98.5 Å². The molecule has 1 aromatic carbocycles. The molecule has 0 unspecified atom stereocenters. The van der Waals surface area contributed by atoms with Gasteiger partial charge in [0.05, 0.1) is 10.4 Å². The number of aromatic nitrogens is 1. The predicted molar refractivity (Wildman–Crippen MR) is 57.6 cm³/mol. The summed E-state index contributed by atoms with van der Waals surface area (Å²) < 4.78 is 38.3. The summed E-state index contributed by atoms with van der Waals surface area (Å²) in [6.07, 6.45) is -3.02. The molecule has 0 amide bonds. The van der Waals surface area contributed by atoms with Gasteiger partial charge in [-0.2, -0.15) is 13.2 Å². The molecule has 0 aliphatic heterocycles. The van der Waals surface area contributed by atoms with Crippen LogP contribution in [0.3, 0.4) is 0 Å². The highest BCUT2D eigenvalue weighted by molar-refractivity contribution is 7.18. The van der Waals surface area contributed by atoms with E-state index in [4.69, 9.17) is 11.6 Å². The van der Waals surface area contributed by atoms with Crippen LogP contribution in [0.5, 0.6) is 0 Å². The van der Waals surface area contributed by atoms with Gasteiger partial charge in [-0.05, 0) is 6.07 Å². The summed E-state index contributed by atoms with van der Waals surface area (Å²) in [5.41, 5.74) is -0.560. The molecule has 1 heterocycles. The summed E-state index contributed by atoms with van der Waals surface area (Å²) >= 11 is 6.63. The first kappa shape index (κ1) is 11.4. The van der Waals surface area contributed by atoms with Gasteiger partial charge >= 0.3 is 6.18 Å². The molecule has 6 heteroatoms. The quantitative estimate of drug-likeness (QED) is 0.739. The highest BCUT2D eigenvalue weighted by atomic mass is 35.5. The molecule has 0 saturated carbocycles. The summed E-state index contributed by atoms with van der Waals surface area (Å²) in [4.78, 5) is 4.15. The number of thiazole rings is 1. The third-order valence-corrected chi connectivity index (χ3v) is 3.12. The lowest BCUT2D eigenvalue weighted by atomic mass is 10.1. The van der Waals surface area contributed by atoms with Gasteiger partial charge in [-0.25, -0.2) is 4.98 Å². The smallest absolute Gasteiger partial charge is 0.233 e. The Kier molecular flexibility index (Phi) is 2.90. The first-order valence-corrected chi connectivity index (χ1v) is 5.46. The van der Waals surface area contributed by atoms with E-state index in [0.717, 1.165) is 17.4 Å². The van der Waals surface area contributed by atoms with Gasteiger partial charge in [0.15, 0.2) is 4.47 Å². The van der Waals surface area contributed by atoms with E-state index in [1.807, 2.05) is 0 Å². The van der Waals surface area contributed by atoms with Crippen molar-refractivity contribution < 1.29 is 13.2 Å². The monoisotopic (exact) mass is 263 g/mol. The maximum atomic E-state index is 12.7. The molecule has 0 atom stereocenters. The van der Waals surface area contributed by atoms with E-state index >= 15 is 0 Å². The van der Waals surface area contributed by atoms with Crippen molar-refractivity contribution in [3.05, 3.63) is 40.5 Å². The van der Waals surface area contributed by atoms with Gasteiger partial charge in [-0.1, -0.05) is 29.8 Å². The van der Waals surface area contributed by atoms with Gasteiger partial charge in [-0.3, -0.25) is 0 Å². The van der Waals surface area contributed by atoms with Crippen LogP contribution in [-0.4, -0.2) is 4.98 Å². The fraction of sp³-hybridized carbons (Fsp3) is 0.100. The van der Waals surface area contributed by atoms with Crippen LogP contribution in [0, 0.1) is 0 Å². The number of hydrogen-bond donors (Lipinski definition) is 0. The lowest BCUT2D eigenvalue weighted by Crippen LogP contribution is -2.06. The van der Waals surface area contributed by atoms with Crippen molar-refractivity contribution in [3.63, 3.8) is 0 Å². The minimum absolute atomic E-state index is 0.111. The fourth-order valence-electron chi connectivity index (χ4n) is 1.32. The maximum Gasteiger partial charge on any atom is 0.417 e. The number of halogens is 4. The molecule has 0 aliphatic carbocycles. The number of hydrogen-bond acceptors (Lipinski definition) is 2. The lowest BCUT2D eigenvalue weighted by molar-refractivity contribution is -0.137. The van der Waals surface area contributed by atoms with Gasteiger partial charge in [0.2, 0.25) is 0 Å². The van der Waals surface area contributed by atoms with Crippen LogP contribution in [0.1, 0.15) is 5.56 Å². The van der Waals surface area contributed by atoms with Crippen LogP contribution in [0.2, 0.25) is 4.47 Å². The van der Waals surface area contributed by atoms with E-state index in [2.05, 4.69) is 4.98 Å². The van der Waals surface area contributed by atoms with E-state index in [-0.39, 0.29) is 10.0 Å². The Balaban J connectivity index is 2.57. The SMILES string of the molecule is FC(F)(F)c1ccccc1-c1cnc(Cl)s1. The van der Waals surface area contributed by atoms with Crippen LogP contribution in [0.25, 0.3) is 10.4 Å². The van der Waals surface area contributed by atoms with Crippen LogP contribution in [0.15, 0.2) is 30.5 Å². The van der Waals surface area contributed by atoms with Crippen LogP contribution in [-0.2, 0) is 6.18 Å². The number of rotatable bonds is 1. The van der Waals surface area contributed by atoms with E-state index in [1.165, 1.54) is 18.3 Å². The molecule has 16 heavy (non-hydrogen) atoms. The molecule has 0 spiro atoms. The second-order valence-corrected chi connectivity index (χ2v) is 4.63. The number of alkyl halides is 3. The largest absolute Gasteiger partial charge is 0.417 e.